The van der Waals surface area contributed by atoms with Crippen LogP contribution in [0.2, 0.25) is 5.02 Å². The molecule has 0 heterocycles. The minimum absolute atomic E-state index is 0.0870. The van der Waals surface area contributed by atoms with Crippen LogP contribution in [0.25, 0.3) is 0 Å². The second-order valence-corrected chi connectivity index (χ2v) is 6.37. The molecule has 0 aliphatic carbocycles. The van der Waals surface area contributed by atoms with Crippen molar-refractivity contribution in [2.45, 2.75) is 20.0 Å². The SMILES string of the molecule is CCNC(=NCc1ccc(C(=O)NC)cc1)N(C)Cc1ccc(Cl)cc1. The maximum Gasteiger partial charge on any atom is 0.251 e. The van der Waals surface area contributed by atoms with Gasteiger partial charge in [0.05, 0.1) is 6.54 Å². The number of amides is 1. The summed E-state index contributed by atoms with van der Waals surface area (Å²) in [4.78, 5) is 18.4. The number of halogens is 1. The Hall–Kier alpha value is -2.53. The lowest BCUT2D eigenvalue weighted by molar-refractivity contribution is 0.0963. The van der Waals surface area contributed by atoms with Crippen molar-refractivity contribution in [3.05, 3.63) is 70.2 Å². The third-order valence-electron chi connectivity index (χ3n) is 3.88. The molecule has 5 nitrogen and oxygen atoms in total. The van der Waals surface area contributed by atoms with Gasteiger partial charge < -0.3 is 15.5 Å². The molecule has 1 amide bonds. The largest absolute Gasteiger partial charge is 0.357 e. The zero-order valence-corrected chi connectivity index (χ0v) is 16.2. The van der Waals surface area contributed by atoms with Gasteiger partial charge in [-0.3, -0.25) is 4.79 Å². The van der Waals surface area contributed by atoms with Crippen molar-refractivity contribution in [1.82, 2.24) is 15.5 Å². The van der Waals surface area contributed by atoms with Gasteiger partial charge in [0.15, 0.2) is 5.96 Å². The van der Waals surface area contributed by atoms with E-state index in [0.29, 0.717) is 12.1 Å². The normalized spacial score (nSPS) is 11.2. The summed E-state index contributed by atoms with van der Waals surface area (Å²) in [6.45, 7) is 4.11. The van der Waals surface area contributed by atoms with E-state index >= 15 is 0 Å². The Morgan fingerprint density at radius 1 is 1.08 bits per heavy atom. The summed E-state index contributed by atoms with van der Waals surface area (Å²) in [5.41, 5.74) is 2.86. The Labute approximate surface area is 160 Å². The van der Waals surface area contributed by atoms with Crippen LogP contribution in [0.3, 0.4) is 0 Å². The van der Waals surface area contributed by atoms with Gasteiger partial charge in [-0.2, -0.15) is 0 Å². The van der Waals surface area contributed by atoms with E-state index in [0.717, 1.165) is 35.2 Å². The standard InChI is InChI=1S/C20H25ClN4O/c1-4-23-20(25(3)14-16-7-11-18(21)12-8-16)24-13-15-5-9-17(10-6-15)19(26)22-2/h5-12H,4,13-14H2,1-3H3,(H,22,26)(H,23,24). The first-order chi connectivity index (χ1) is 12.5. The molecule has 0 saturated carbocycles. The fourth-order valence-electron chi connectivity index (χ4n) is 2.48. The van der Waals surface area contributed by atoms with E-state index in [4.69, 9.17) is 16.6 Å². The molecule has 0 fully saturated rings. The van der Waals surface area contributed by atoms with Crippen LogP contribution in [0.4, 0.5) is 0 Å². The van der Waals surface area contributed by atoms with Gasteiger partial charge in [-0.05, 0) is 42.3 Å². The van der Waals surface area contributed by atoms with E-state index in [2.05, 4.69) is 15.5 Å². The Morgan fingerprint density at radius 3 is 2.27 bits per heavy atom. The molecule has 0 aromatic heterocycles. The molecule has 0 saturated heterocycles. The van der Waals surface area contributed by atoms with Crippen LogP contribution in [0, 0.1) is 0 Å². The van der Waals surface area contributed by atoms with Crippen molar-refractivity contribution >= 4 is 23.5 Å². The van der Waals surface area contributed by atoms with Crippen LogP contribution in [0.15, 0.2) is 53.5 Å². The highest BCUT2D eigenvalue weighted by molar-refractivity contribution is 6.30. The number of hydrogen-bond acceptors (Lipinski definition) is 2. The molecule has 0 bridgehead atoms. The molecule has 6 heteroatoms. The third kappa shape index (κ3) is 5.77. The van der Waals surface area contributed by atoms with Crippen LogP contribution in [-0.4, -0.2) is 37.4 Å². The summed E-state index contributed by atoms with van der Waals surface area (Å²) in [6, 6.07) is 15.3. The quantitative estimate of drug-likeness (QED) is 0.604. The molecule has 2 rings (SSSR count). The highest BCUT2D eigenvalue weighted by Gasteiger charge is 2.07. The summed E-state index contributed by atoms with van der Waals surface area (Å²) in [6.07, 6.45) is 0. The molecule has 0 atom stereocenters. The van der Waals surface area contributed by atoms with E-state index < -0.39 is 0 Å². The average molecular weight is 373 g/mol. The maximum absolute atomic E-state index is 11.6. The fraction of sp³-hybridized carbons (Fsp3) is 0.300. The zero-order chi connectivity index (χ0) is 18.9. The Morgan fingerprint density at radius 2 is 1.69 bits per heavy atom. The van der Waals surface area contributed by atoms with Crippen LogP contribution in [0.5, 0.6) is 0 Å². The molecule has 0 aliphatic rings. The van der Waals surface area contributed by atoms with Crippen molar-refractivity contribution in [2.24, 2.45) is 4.99 Å². The molecule has 0 aliphatic heterocycles. The van der Waals surface area contributed by atoms with Crippen LogP contribution in [-0.2, 0) is 13.1 Å². The van der Waals surface area contributed by atoms with Crippen LogP contribution < -0.4 is 10.6 Å². The number of guanidine groups is 1. The first kappa shape index (κ1) is 19.8. The van der Waals surface area contributed by atoms with Gasteiger partial charge >= 0.3 is 0 Å². The number of carbonyl (C=O) groups is 1. The van der Waals surface area contributed by atoms with Crippen LogP contribution in [0.1, 0.15) is 28.4 Å². The zero-order valence-electron chi connectivity index (χ0n) is 15.4. The van der Waals surface area contributed by atoms with Gasteiger partial charge in [-0.25, -0.2) is 4.99 Å². The monoisotopic (exact) mass is 372 g/mol. The Kier molecular flexibility index (Phi) is 7.48. The predicted octanol–water partition coefficient (Wildman–Crippen LogP) is 3.30. The van der Waals surface area contributed by atoms with Gasteiger partial charge in [-0.1, -0.05) is 35.9 Å². The summed E-state index contributed by atoms with van der Waals surface area (Å²) in [5, 5.41) is 6.66. The third-order valence-corrected chi connectivity index (χ3v) is 4.14. The lowest BCUT2D eigenvalue weighted by Gasteiger charge is -2.22. The van der Waals surface area contributed by atoms with E-state index in [1.807, 2.05) is 62.5 Å². The fourth-order valence-corrected chi connectivity index (χ4v) is 2.61. The molecule has 26 heavy (non-hydrogen) atoms. The van der Waals surface area contributed by atoms with E-state index in [1.165, 1.54) is 0 Å². The van der Waals surface area contributed by atoms with E-state index in [9.17, 15) is 4.79 Å². The van der Waals surface area contributed by atoms with Crippen molar-refractivity contribution in [3.8, 4) is 0 Å². The summed E-state index contributed by atoms with van der Waals surface area (Å²) in [7, 11) is 3.63. The maximum atomic E-state index is 11.6. The number of nitrogens with zero attached hydrogens (tertiary/aromatic N) is 2. The van der Waals surface area contributed by atoms with Crippen molar-refractivity contribution < 1.29 is 4.79 Å². The minimum atomic E-state index is -0.0870. The molecular weight excluding hydrogens is 348 g/mol. The number of carbonyl (C=O) groups excluding carboxylic acids is 1. The highest BCUT2D eigenvalue weighted by Crippen LogP contribution is 2.11. The molecular formula is C20H25ClN4O. The second-order valence-electron chi connectivity index (χ2n) is 5.93. The van der Waals surface area contributed by atoms with Crippen molar-refractivity contribution in [3.63, 3.8) is 0 Å². The lowest BCUT2D eigenvalue weighted by atomic mass is 10.1. The minimum Gasteiger partial charge on any atom is -0.357 e. The predicted molar refractivity (Wildman–Crippen MR) is 108 cm³/mol. The molecule has 2 N–H and O–H groups in total. The second kappa shape index (κ2) is 9.82. The number of benzene rings is 2. The van der Waals surface area contributed by atoms with Crippen molar-refractivity contribution in [2.75, 3.05) is 20.6 Å². The van der Waals surface area contributed by atoms with Gasteiger partial charge in [0.2, 0.25) is 0 Å². The number of rotatable bonds is 6. The van der Waals surface area contributed by atoms with Gasteiger partial charge in [-0.15, -0.1) is 0 Å². The van der Waals surface area contributed by atoms with Gasteiger partial charge in [0.1, 0.15) is 0 Å². The Balaban J connectivity index is 2.05. The van der Waals surface area contributed by atoms with Gasteiger partial charge in [0, 0.05) is 37.8 Å². The van der Waals surface area contributed by atoms with Gasteiger partial charge in [0.25, 0.3) is 5.91 Å². The molecule has 0 unspecified atom stereocenters. The molecule has 2 aromatic carbocycles. The van der Waals surface area contributed by atoms with Crippen LogP contribution >= 0.6 is 11.6 Å². The molecule has 0 spiro atoms. The summed E-state index contributed by atoms with van der Waals surface area (Å²) in [5.74, 6) is 0.744. The average Bonchev–Trinajstić information content (AvgIpc) is 2.66. The molecule has 138 valence electrons. The van der Waals surface area contributed by atoms with E-state index in [-0.39, 0.29) is 5.91 Å². The lowest BCUT2D eigenvalue weighted by Crippen LogP contribution is -2.38. The first-order valence-electron chi connectivity index (χ1n) is 8.58. The summed E-state index contributed by atoms with van der Waals surface area (Å²) < 4.78 is 0. The number of hydrogen-bond donors (Lipinski definition) is 2. The Bertz CT molecular complexity index is 741. The number of nitrogens with one attached hydrogen (secondary N) is 2. The summed E-state index contributed by atoms with van der Waals surface area (Å²) >= 11 is 5.94. The number of aliphatic imine (C=N–C) groups is 1. The highest BCUT2D eigenvalue weighted by atomic mass is 35.5. The molecule has 2 aromatic rings. The van der Waals surface area contributed by atoms with E-state index in [1.54, 1.807) is 7.05 Å². The first-order valence-corrected chi connectivity index (χ1v) is 8.96. The van der Waals surface area contributed by atoms with Crippen molar-refractivity contribution in [1.29, 1.82) is 0 Å². The molecule has 0 radical (unpaired) electrons. The smallest absolute Gasteiger partial charge is 0.251 e. The topological polar surface area (TPSA) is 56.7 Å².